The van der Waals surface area contributed by atoms with Gasteiger partial charge in [0.25, 0.3) is 5.91 Å². The number of hydrogen-bond acceptors (Lipinski definition) is 4. The van der Waals surface area contributed by atoms with Crippen LogP contribution in [-0.4, -0.2) is 50.4 Å². The fraction of sp³-hybridized carbons (Fsp3) is 0.588. The van der Waals surface area contributed by atoms with Gasteiger partial charge in [0.15, 0.2) is 0 Å². The molecule has 0 unspecified atom stereocenters. The number of amides is 1. The van der Waals surface area contributed by atoms with Gasteiger partial charge in [-0.1, -0.05) is 12.1 Å². The summed E-state index contributed by atoms with van der Waals surface area (Å²) in [6, 6.07) is 7.02. The summed E-state index contributed by atoms with van der Waals surface area (Å²) in [5.74, 6) is -0.185. The lowest BCUT2D eigenvalue weighted by Crippen LogP contribution is -2.52. The Morgan fingerprint density at radius 3 is 2.64 bits per heavy atom. The number of carbonyl (C=O) groups excluding carboxylic acids is 1. The van der Waals surface area contributed by atoms with E-state index in [1.54, 1.807) is 45.0 Å². The number of rotatable bonds is 4. The molecule has 2 rings (SSSR count). The van der Waals surface area contributed by atoms with E-state index in [-0.39, 0.29) is 30.1 Å². The van der Waals surface area contributed by atoms with Crippen LogP contribution in [0.15, 0.2) is 24.3 Å². The highest BCUT2D eigenvalue weighted by Crippen LogP contribution is 2.15. The Bertz CT molecular complexity index is 701. The highest BCUT2D eigenvalue weighted by molar-refractivity contribution is 7.88. The minimum absolute atomic E-state index is 0. The first-order valence-electron chi connectivity index (χ1n) is 8.20. The Kier molecular flexibility index (Phi) is 7.43. The number of nitrogens with one attached hydrogen (secondary N) is 2. The molecule has 1 saturated heterocycles. The maximum absolute atomic E-state index is 12.7. The van der Waals surface area contributed by atoms with Crippen molar-refractivity contribution in [3.8, 4) is 0 Å². The summed E-state index contributed by atoms with van der Waals surface area (Å²) >= 11 is 0. The first kappa shape index (κ1) is 21.9. The second-order valence-corrected chi connectivity index (χ2v) is 9.09. The Balaban J connectivity index is 0.00000312. The molecule has 2 N–H and O–H groups in total. The molecule has 0 aliphatic carbocycles. The molecular formula is C17H28ClN3O3S. The van der Waals surface area contributed by atoms with Crippen LogP contribution in [0.5, 0.6) is 0 Å². The van der Waals surface area contributed by atoms with Gasteiger partial charge in [-0.3, -0.25) is 4.79 Å². The molecule has 0 radical (unpaired) electrons. The molecule has 1 aliphatic heterocycles. The van der Waals surface area contributed by atoms with Crippen molar-refractivity contribution in [2.24, 2.45) is 0 Å². The van der Waals surface area contributed by atoms with Gasteiger partial charge in [0.05, 0.1) is 5.75 Å². The van der Waals surface area contributed by atoms with Gasteiger partial charge in [-0.05, 0) is 45.4 Å². The number of nitrogens with zero attached hydrogens (tertiary/aromatic N) is 1. The van der Waals surface area contributed by atoms with Crippen LogP contribution in [0.25, 0.3) is 0 Å². The van der Waals surface area contributed by atoms with Crippen molar-refractivity contribution in [2.45, 2.75) is 45.0 Å². The molecule has 0 aromatic heterocycles. The third-order valence-electron chi connectivity index (χ3n) is 3.75. The monoisotopic (exact) mass is 389 g/mol. The van der Waals surface area contributed by atoms with Gasteiger partial charge in [0.2, 0.25) is 10.0 Å². The highest BCUT2D eigenvalue weighted by Gasteiger charge is 2.25. The van der Waals surface area contributed by atoms with Gasteiger partial charge < -0.3 is 10.2 Å². The van der Waals surface area contributed by atoms with Crippen molar-refractivity contribution in [2.75, 3.05) is 19.6 Å². The summed E-state index contributed by atoms with van der Waals surface area (Å²) in [7, 11) is -3.46. The van der Waals surface area contributed by atoms with Crippen LogP contribution in [0.4, 0.5) is 0 Å². The summed E-state index contributed by atoms with van der Waals surface area (Å²) in [4.78, 5) is 14.5. The van der Waals surface area contributed by atoms with E-state index in [1.807, 2.05) is 11.8 Å². The van der Waals surface area contributed by atoms with Crippen LogP contribution in [-0.2, 0) is 15.8 Å². The van der Waals surface area contributed by atoms with Crippen molar-refractivity contribution in [3.05, 3.63) is 35.4 Å². The zero-order valence-corrected chi connectivity index (χ0v) is 16.8. The molecule has 8 heteroatoms. The summed E-state index contributed by atoms with van der Waals surface area (Å²) in [5.41, 5.74) is 0.621. The number of benzene rings is 1. The third kappa shape index (κ3) is 6.58. The number of piperazine rings is 1. The lowest BCUT2D eigenvalue weighted by Gasteiger charge is -2.34. The smallest absolute Gasteiger partial charge is 0.254 e. The van der Waals surface area contributed by atoms with E-state index in [0.29, 0.717) is 17.7 Å². The molecule has 1 amide bonds. The Labute approximate surface area is 156 Å². The molecule has 1 atom stereocenters. The molecule has 25 heavy (non-hydrogen) atoms. The van der Waals surface area contributed by atoms with Crippen molar-refractivity contribution in [1.82, 2.24) is 14.9 Å². The molecular weight excluding hydrogens is 362 g/mol. The first-order valence-corrected chi connectivity index (χ1v) is 9.85. The normalized spacial score (nSPS) is 18.6. The Hall–Kier alpha value is -1.15. The maximum Gasteiger partial charge on any atom is 0.254 e. The average Bonchev–Trinajstić information content (AvgIpc) is 2.44. The van der Waals surface area contributed by atoms with Crippen LogP contribution in [0.1, 0.15) is 43.6 Å². The first-order chi connectivity index (χ1) is 11.1. The zero-order chi connectivity index (χ0) is 18.0. The molecule has 1 heterocycles. The maximum atomic E-state index is 12.7. The predicted molar refractivity (Wildman–Crippen MR) is 103 cm³/mol. The Morgan fingerprint density at radius 1 is 1.36 bits per heavy atom. The van der Waals surface area contributed by atoms with E-state index in [2.05, 4.69) is 10.0 Å². The van der Waals surface area contributed by atoms with Gasteiger partial charge in [-0.25, -0.2) is 13.1 Å². The average molecular weight is 390 g/mol. The molecule has 0 spiro atoms. The number of sulfonamides is 1. The molecule has 6 nitrogen and oxygen atoms in total. The molecule has 1 aromatic rings. The minimum atomic E-state index is -3.46. The van der Waals surface area contributed by atoms with Crippen molar-refractivity contribution in [3.63, 3.8) is 0 Å². The summed E-state index contributed by atoms with van der Waals surface area (Å²) in [5, 5.41) is 3.25. The van der Waals surface area contributed by atoms with E-state index >= 15 is 0 Å². The Morgan fingerprint density at radius 2 is 2.04 bits per heavy atom. The summed E-state index contributed by atoms with van der Waals surface area (Å²) in [6.45, 7) is 9.62. The summed E-state index contributed by atoms with van der Waals surface area (Å²) < 4.78 is 27.1. The standard InChI is InChI=1S/C17H27N3O3S.ClH/c1-13-11-18-8-9-20(13)16(21)15-7-5-6-14(10-15)12-24(22,23)19-17(2,3)4;/h5-7,10,13,18-19H,8-9,11-12H2,1-4H3;1H/t13-;/m0./s1. The van der Waals surface area contributed by atoms with Gasteiger partial charge in [0, 0.05) is 36.8 Å². The quantitative estimate of drug-likeness (QED) is 0.822. The number of halogens is 1. The van der Waals surface area contributed by atoms with Crippen LogP contribution < -0.4 is 10.0 Å². The van der Waals surface area contributed by atoms with E-state index in [1.165, 1.54) is 0 Å². The van der Waals surface area contributed by atoms with Crippen LogP contribution in [0.2, 0.25) is 0 Å². The van der Waals surface area contributed by atoms with Crippen molar-refractivity contribution in [1.29, 1.82) is 0 Å². The molecule has 1 aromatic carbocycles. The second kappa shape index (κ2) is 8.49. The van der Waals surface area contributed by atoms with E-state index in [0.717, 1.165) is 13.1 Å². The van der Waals surface area contributed by atoms with Gasteiger partial charge in [-0.2, -0.15) is 0 Å². The molecule has 0 bridgehead atoms. The molecule has 0 saturated carbocycles. The highest BCUT2D eigenvalue weighted by atomic mass is 35.5. The van der Waals surface area contributed by atoms with Gasteiger partial charge in [-0.15, -0.1) is 12.4 Å². The second-order valence-electron chi connectivity index (χ2n) is 7.36. The van der Waals surface area contributed by atoms with Gasteiger partial charge in [0.1, 0.15) is 0 Å². The SMILES string of the molecule is C[C@H]1CNCCN1C(=O)c1cccc(CS(=O)(=O)NC(C)(C)C)c1.Cl. The fourth-order valence-electron chi connectivity index (χ4n) is 2.82. The van der Waals surface area contributed by atoms with Crippen molar-refractivity contribution < 1.29 is 13.2 Å². The van der Waals surface area contributed by atoms with Crippen LogP contribution in [0.3, 0.4) is 0 Å². The van der Waals surface area contributed by atoms with Gasteiger partial charge >= 0.3 is 0 Å². The van der Waals surface area contributed by atoms with Crippen LogP contribution >= 0.6 is 12.4 Å². The topological polar surface area (TPSA) is 78.5 Å². The fourth-order valence-corrected chi connectivity index (χ4v) is 4.45. The lowest BCUT2D eigenvalue weighted by molar-refractivity contribution is 0.0655. The largest absolute Gasteiger partial charge is 0.333 e. The number of carbonyl (C=O) groups is 1. The zero-order valence-electron chi connectivity index (χ0n) is 15.2. The van der Waals surface area contributed by atoms with E-state index in [4.69, 9.17) is 0 Å². The minimum Gasteiger partial charge on any atom is -0.333 e. The lowest BCUT2D eigenvalue weighted by atomic mass is 10.1. The van der Waals surface area contributed by atoms with Crippen LogP contribution in [0, 0.1) is 0 Å². The molecule has 1 aliphatic rings. The molecule has 1 fully saturated rings. The predicted octanol–water partition coefficient (Wildman–Crippen LogP) is 1.76. The van der Waals surface area contributed by atoms with E-state index in [9.17, 15) is 13.2 Å². The van der Waals surface area contributed by atoms with E-state index < -0.39 is 15.6 Å². The number of hydrogen-bond donors (Lipinski definition) is 2. The summed E-state index contributed by atoms with van der Waals surface area (Å²) in [6.07, 6.45) is 0. The van der Waals surface area contributed by atoms with Crippen molar-refractivity contribution >= 4 is 28.3 Å². The third-order valence-corrected chi connectivity index (χ3v) is 5.39. The molecule has 142 valence electrons.